The molecule has 1 aliphatic carbocycles. The average Bonchev–Trinajstić information content (AvgIpc) is 3.44. The Morgan fingerprint density at radius 1 is 1.12 bits per heavy atom. The Morgan fingerprint density at radius 3 is 2.60 bits per heavy atom. The van der Waals surface area contributed by atoms with Gasteiger partial charge >= 0.3 is 6.09 Å². The van der Waals surface area contributed by atoms with Crippen LogP contribution < -0.4 is 5.32 Å². The Labute approximate surface area is 267 Å². The van der Waals surface area contributed by atoms with Gasteiger partial charge in [-0.3, -0.25) is 14.7 Å². The number of nitrogens with one attached hydrogen (secondary N) is 1. The number of carbonyl (C=O) groups excluding carboxylic acids is 2. The maximum absolute atomic E-state index is 14.1. The van der Waals surface area contributed by atoms with E-state index in [1.165, 1.54) is 0 Å². The Hall–Kier alpha value is -2.95. The van der Waals surface area contributed by atoms with Crippen LogP contribution in [0.4, 0.5) is 4.79 Å². The summed E-state index contributed by atoms with van der Waals surface area (Å²) >= 11 is 10.0. The number of rotatable bonds is 6. The van der Waals surface area contributed by atoms with Gasteiger partial charge < -0.3 is 19.5 Å². The fraction of sp³-hybridized carbons (Fsp3) is 0.500. The van der Waals surface area contributed by atoms with E-state index in [2.05, 4.69) is 57.1 Å². The molecule has 0 radical (unpaired) electrons. The maximum atomic E-state index is 14.1. The van der Waals surface area contributed by atoms with Crippen LogP contribution >= 0.6 is 27.5 Å². The third-order valence-electron chi connectivity index (χ3n) is 8.24. The zero-order chi connectivity index (χ0) is 30.9. The summed E-state index contributed by atoms with van der Waals surface area (Å²) in [6.45, 7) is 11.4. The lowest BCUT2D eigenvalue weighted by Gasteiger charge is -2.44. The molecule has 3 aromatic rings. The van der Waals surface area contributed by atoms with E-state index in [1.54, 1.807) is 17.4 Å². The Kier molecular flexibility index (Phi) is 9.20. The molecular formula is C32H40BrClN6O3. The molecule has 1 aromatic carbocycles. The number of hydrogen-bond donors (Lipinski definition) is 1. The standard InChI is InChI=1S/C32H40BrClN6O3/c1-31(2,3)43-30(42)38-14-15-40(26(19-38)29(41)36-11-10-32(4,5)39-13-12-35-20-39)28-25-9-8-24(34)17-21(25)6-7-22-16-23(33)18-37-27(22)28/h8-9,12-13,16-18,20,26,28H,6-7,10-11,14-15,19H2,1-5H3,(H,36,41). The number of imidazole rings is 1. The van der Waals surface area contributed by atoms with Gasteiger partial charge in [0.1, 0.15) is 11.6 Å². The van der Waals surface area contributed by atoms with Crippen molar-refractivity contribution in [1.29, 1.82) is 0 Å². The quantitative estimate of drug-likeness (QED) is 0.359. The summed E-state index contributed by atoms with van der Waals surface area (Å²) in [5.41, 5.74) is 3.41. The molecule has 1 N–H and O–H groups in total. The van der Waals surface area contributed by atoms with Gasteiger partial charge in [0.2, 0.25) is 5.91 Å². The van der Waals surface area contributed by atoms with Crippen LogP contribution in [0.1, 0.15) is 69.5 Å². The van der Waals surface area contributed by atoms with Crippen LogP contribution in [0.2, 0.25) is 5.02 Å². The molecule has 2 atom stereocenters. The molecule has 1 fully saturated rings. The number of aromatic nitrogens is 3. The fourth-order valence-corrected chi connectivity index (χ4v) is 6.51. The van der Waals surface area contributed by atoms with Gasteiger partial charge in [0.05, 0.1) is 18.1 Å². The molecule has 0 saturated carbocycles. The number of fused-ring (bicyclic) bond motifs is 2. The number of carbonyl (C=O) groups is 2. The smallest absolute Gasteiger partial charge is 0.410 e. The van der Waals surface area contributed by atoms with Gasteiger partial charge in [-0.1, -0.05) is 17.7 Å². The maximum Gasteiger partial charge on any atom is 0.410 e. The largest absolute Gasteiger partial charge is 0.444 e. The Bertz CT molecular complexity index is 1420. The van der Waals surface area contributed by atoms with Gasteiger partial charge in [0.25, 0.3) is 0 Å². The van der Waals surface area contributed by atoms with E-state index in [0.29, 0.717) is 31.1 Å². The van der Waals surface area contributed by atoms with Crippen molar-refractivity contribution >= 4 is 39.5 Å². The summed E-state index contributed by atoms with van der Waals surface area (Å²) in [5, 5.41) is 3.87. The molecular weight excluding hydrogens is 632 g/mol. The lowest BCUT2D eigenvalue weighted by Crippen LogP contribution is -2.61. The number of halogens is 2. The molecule has 1 aliphatic heterocycles. The highest BCUT2D eigenvalue weighted by atomic mass is 79.9. The SMILES string of the molecule is CC(C)(C)OC(=O)N1CCN(C2c3ccc(Cl)cc3CCc3cc(Br)cnc32)C(C(=O)NCCC(C)(C)n2ccnc2)C1. The number of pyridine rings is 1. The molecule has 2 aromatic heterocycles. The van der Waals surface area contributed by atoms with Crippen LogP contribution in [0.25, 0.3) is 0 Å². The minimum Gasteiger partial charge on any atom is -0.444 e. The van der Waals surface area contributed by atoms with Crippen molar-refractivity contribution in [3.63, 3.8) is 0 Å². The van der Waals surface area contributed by atoms with Crippen molar-refractivity contribution in [3.8, 4) is 0 Å². The fourth-order valence-electron chi connectivity index (χ4n) is 5.94. The van der Waals surface area contributed by atoms with Gasteiger partial charge in [-0.25, -0.2) is 9.78 Å². The van der Waals surface area contributed by atoms with Crippen molar-refractivity contribution in [2.45, 2.75) is 77.1 Å². The van der Waals surface area contributed by atoms with Gasteiger partial charge in [0.15, 0.2) is 0 Å². The molecule has 9 nitrogen and oxygen atoms in total. The van der Waals surface area contributed by atoms with E-state index in [4.69, 9.17) is 21.3 Å². The molecule has 2 amide bonds. The van der Waals surface area contributed by atoms with Crippen LogP contribution in [0.5, 0.6) is 0 Å². The van der Waals surface area contributed by atoms with E-state index in [-0.39, 0.29) is 24.0 Å². The van der Waals surface area contributed by atoms with Gasteiger partial charge in [-0.15, -0.1) is 0 Å². The van der Waals surface area contributed by atoms with Gasteiger partial charge in [0, 0.05) is 59.8 Å². The summed E-state index contributed by atoms with van der Waals surface area (Å²) in [6.07, 6.45) is 9.22. The lowest BCUT2D eigenvalue weighted by molar-refractivity contribution is -0.129. The molecule has 43 heavy (non-hydrogen) atoms. The monoisotopic (exact) mass is 670 g/mol. The number of hydrogen-bond acceptors (Lipinski definition) is 6. The van der Waals surface area contributed by atoms with Crippen molar-refractivity contribution in [1.82, 2.24) is 29.7 Å². The molecule has 2 unspecified atom stereocenters. The van der Waals surface area contributed by atoms with E-state index in [0.717, 1.165) is 39.7 Å². The van der Waals surface area contributed by atoms with Crippen molar-refractivity contribution < 1.29 is 14.3 Å². The highest BCUT2D eigenvalue weighted by Crippen LogP contribution is 2.39. The molecule has 0 spiro atoms. The van der Waals surface area contributed by atoms with Gasteiger partial charge in [-0.2, -0.15) is 0 Å². The molecule has 5 rings (SSSR count). The summed E-state index contributed by atoms with van der Waals surface area (Å²) in [5.74, 6) is -0.131. The van der Waals surface area contributed by atoms with Crippen molar-refractivity contribution in [3.05, 3.63) is 81.1 Å². The average molecular weight is 672 g/mol. The molecule has 11 heteroatoms. The normalized spacial score (nSPS) is 19.3. The number of amides is 2. The highest BCUT2D eigenvalue weighted by molar-refractivity contribution is 9.10. The first kappa shape index (κ1) is 31.5. The minimum atomic E-state index is -0.638. The molecule has 230 valence electrons. The first-order valence-corrected chi connectivity index (χ1v) is 15.9. The first-order valence-electron chi connectivity index (χ1n) is 14.7. The number of ether oxygens (including phenoxy) is 1. The van der Waals surface area contributed by atoms with Crippen LogP contribution in [0, 0.1) is 0 Å². The highest BCUT2D eigenvalue weighted by Gasteiger charge is 2.42. The van der Waals surface area contributed by atoms with E-state index in [9.17, 15) is 9.59 Å². The lowest BCUT2D eigenvalue weighted by atomic mass is 9.94. The van der Waals surface area contributed by atoms with Gasteiger partial charge in [-0.05, 0) is 105 Å². The van der Waals surface area contributed by atoms with E-state index in [1.807, 2.05) is 49.9 Å². The topological polar surface area (TPSA) is 92.6 Å². The number of aryl methyl sites for hydroxylation is 2. The minimum absolute atomic E-state index is 0.131. The summed E-state index contributed by atoms with van der Waals surface area (Å²) in [4.78, 5) is 40.2. The van der Waals surface area contributed by atoms with Crippen LogP contribution in [0.3, 0.4) is 0 Å². The van der Waals surface area contributed by atoms with E-state index < -0.39 is 17.7 Å². The summed E-state index contributed by atoms with van der Waals surface area (Å²) in [6, 6.07) is 7.20. The summed E-state index contributed by atoms with van der Waals surface area (Å²) < 4.78 is 8.67. The predicted molar refractivity (Wildman–Crippen MR) is 170 cm³/mol. The third kappa shape index (κ3) is 7.24. The first-order chi connectivity index (χ1) is 20.3. The molecule has 2 aliphatic rings. The number of nitrogens with zero attached hydrogens (tertiary/aromatic N) is 5. The Morgan fingerprint density at radius 2 is 1.88 bits per heavy atom. The van der Waals surface area contributed by atoms with Crippen LogP contribution in [-0.2, 0) is 27.9 Å². The predicted octanol–water partition coefficient (Wildman–Crippen LogP) is 5.74. The summed E-state index contributed by atoms with van der Waals surface area (Å²) in [7, 11) is 0. The third-order valence-corrected chi connectivity index (χ3v) is 8.91. The number of benzene rings is 1. The zero-order valence-electron chi connectivity index (χ0n) is 25.4. The second-order valence-electron chi connectivity index (χ2n) is 12.9. The second-order valence-corrected chi connectivity index (χ2v) is 14.3. The molecule has 1 saturated heterocycles. The van der Waals surface area contributed by atoms with E-state index >= 15 is 0 Å². The van der Waals surface area contributed by atoms with Crippen LogP contribution in [0.15, 0.2) is 53.7 Å². The van der Waals surface area contributed by atoms with Crippen molar-refractivity contribution in [2.75, 3.05) is 26.2 Å². The zero-order valence-corrected chi connectivity index (χ0v) is 27.8. The molecule has 3 heterocycles. The second kappa shape index (κ2) is 12.6. The van der Waals surface area contributed by atoms with Crippen LogP contribution in [-0.4, -0.2) is 74.2 Å². The molecule has 0 bridgehead atoms. The number of piperazine rings is 1. The van der Waals surface area contributed by atoms with Crippen molar-refractivity contribution in [2.24, 2.45) is 0 Å². The Balaban J connectivity index is 1.47.